The Labute approximate surface area is 210 Å². The molecule has 0 spiro atoms. The van der Waals surface area contributed by atoms with E-state index in [0.717, 1.165) is 31.2 Å². The number of pyridine rings is 1. The van der Waals surface area contributed by atoms with Crippen LogP contribution in [0.25, 0.3) is 0 Å². The molecular formula is C27H24F3N3O4. The molecule has 10 heteroatoms. The molecule has 0 radical (unpaired) electrons. The van der Waals surface area contributed by atoms with Crippen LogP contribution < -0.4 is 20.8 Å². The van der Waals surface area contributed by atoms with Crippen LogP contribution in [0.3, 0.4) is 0 Å². The third kappa shape index (κ3) is 4.83. The molecule has 37 heavy (non-hydrogen) atoms. The molecule has 5 rings (SSSR count). The largest absolute Gasteiger partial charge is 0.483 e. The van der Waals surface area contributed by atoms with Gasteiger partial charge >= 0.3 is 0 Å². The Balaban J connectivity index is 1.52. The molecule has 2 atom stereocenters. The number of aromatic nitrogens is 1. The highest BCUT2D eigenvalue weighted by molar-refractivity contribution is 5.99. The summed E-state index contributed by atoms with van der Waals surface area (Å²) in [4.78, 5) is 39.6. The van der Waals surface area contributed by atoms with Crippen molar-refractivity contribution in [1.29, 1.82) is 0 Å². The fraction of sp³-hybridized carbons (Fsp3) is 0.296. The Morgan fingerprint density at radius 2 is 1.76 bits per heavy atom. The predicted molar refractivity (Wildman–Crippen MR) is 128 cm³/mol. The standard InChI is InChI=1S/C27H24F3N3O4/c28-16-10-19(29)17(20(30)11-16)12-31-26(35)18-13-33-22-9-5-4-8-21(22)32-27(36)23(33)25(24(18)34)37-14-15-6-2-1-3-7-15/h1-3,6-7,10-11,13,21-22H,4-5,8-9,12,14H2,(H,31,35)(H,32,36)/t21-,22-/m0/s1. The van der Waals surface area contributed by atoms with Crippen molar-refractivity contribution >= 4 is 11.8 Å². The molecule has 1 aliphatic carbocycles. The van der Waals surface area contributed by atoms with Crippen molar-refractivity contribution in [3.8, 4) is 5.75 Å². The normalized spacial score (nSPS) is 18.4. The maximum atomic E-state index is 14.1. The number of hydrogen-bond donors (Lipinski definition) is 2. The zero-order chi connectivity index (χ0) is 26.1. The van der Waals surface area contributed by atoms with Gasteiger partial charge in [-0.2, -0.15) is 0 Å². The number of carbonyl (C=O) groups is 2. The average Bonchev–Trinajstić information content (AvgIpc) is 2.87. The smallest absolute Gasteiger partial charge is 0.272 e. The second kappa shape index (κ2) is 10.1. The van der Waals surface area contributed by atoms with Crippen LogP contribution in [0.1, 0.15) is 63.7 Å². The van der Waals surface area contributed by atoms with Crippen molar-refractivity contribution in [1.82, 2.24) is 15.2 Å². The van der Waals surface area contributed by atoms with Gasteiger partial charge in [0.2, 0.25) is 5.43 Å². The van der Waals surface area contributed by atoms with Crippen LogP contribution in [-0.2, 0) is 13.2 Å². The van der Waals surface area contributed by atoms with Crippen molar-refractivity contribution < 1.29 is 27.5 Å². The number of hydrogen-bond acceptors (Lipinski definition) is 4. The first-order valence-corrected chi connectivity index (χ1v) is 12.0. The highest BCUT2D eigenvalue weighted by atomic mass is 19.1. The van der Waals surface area contributed by atoms with E-state index in [1.807, 2.05) is 6.07 Å². The quantitative estimate of drug-likeness (QED) is 0.524. The summed E-state index contributed by atoms with van der Waals surface area (Å²) in [5.41, 5.74) is -0.890. The van der Waals surface area contributed by atoms with Gasteiger partial charge in [-0.3, -0.25) is 14.4 Å². The summed E-state index contributed by atoms with van der Waals surface area (Å²) in [5, 5.41) is 5.30. The maximum absolute atomic E-state index is 14.1. The summed E-state index contributed by atoms with van der Waals surface area (Å²) in [7, 11) is 0. The van der Waals surface area contributed by atoms with Crippen molar-refractivity contribution in [3.05, 3.63) is 98.7 Å². The lowest BCUT2D eigenvalue weighted by Crippen LogP contribution is -2.50. The fourth-order valence-corrected chi connectivity index (χ4v) is 4.97. The Morgan fingerprint density at radius 1 is 1.05 bits per heavy atom. The molecule has 2 aromatic carbocycles. The van der Waals surface area contributed by atoms with Crippen molar-refractivity contribution in [2.75, 3.05) is 0 Å². The minimum atomic E-state index is -1.16. The summed E-state index contributed by atoms with van der Waals surface area (Å²) in [5.74, 6) is -5.03. The van der Waals surface area contributed by atoms with Gasteiger partial charge in [-0.25, -0.2) is 13.2 Å². The molecule has 3 aromatic rings. The lowest BCUT2D eigenvalue weighted by atomic mass is 9.87. The minimum absolute atomic E-state index is 0.0124. The molecule has 192 valence electrons. The van der Waals surface area contributed by atoms with E-state index in [1.54, 1.807) is 28.8 Å². The van der Waals surface area contributed by atoms with Crippen molar-refractivity contribution in [2.45, 2.75) is 50.9 Å². The van der Waals surface area contributed by atoms with Crippen LogP contribution in [0.15, 0.2) is 53.5 Å². The zero-order valence-electron chi connectivity index (χ0n) is 19.7. The van der Waals surface area contributed by atoms with Gasteiger partial charge in [0.15, 0.2) is 11.4 Å². The van der Waals surface area contributed by atoms with Crippen LogP contribution in [0, 0.1) is 17.5 Å². The van der Waals surface area contributed by atoms with E-state index in [9.17, 15) is 27.6 Å². The fourth-order valence-electron chi connectivity index (χ4n) is 4.97. The SMILES string of the molecule is O=C(NCc1c(F)cc(F)cc1F)c1cn2c(c(OCc3ccccc3)c1=O)C(=O)N[C@H]1CCCC[C@@H]12. The first-order chi connectivity index (χ1) is 17.8. The molecule has 1 fully saturated rings. The first-order valence-electron chi connectivity index (χ1n) is 12.0. The maximum Gasteiger partial charge on any atom is 0.272 e. The molecular weight excluding hydrogens is 487 g/mol. The Bertz CT molecular complexity index is 1400. The number of rotatable bonds is 6. The van der Waals surface area contributed by atoms with Crippen LogP contribution in [0.4, 0.5) is 13.2 Å². The Morgan fingerprint density at radius 3 is 2.49 bits per heavy atom. The van der Waals surface area contributed by atoms with Gasteiger partial charge in [-0.1, -0.05) is 43.2 Å². The van der Waals surface area contributed by atoms with E-state index in [-0.39, 0.29) is 35.7 Å². The molecule has 2 N–H and O–H groups in total. The van der Waals surface area contributed by atoms with Crippen LogP contribution in [-0.4, -0.2) is 22.4 Å². The van der Waals surface area contributed by atoms with Crippen molar-refractivity contribution in [3.63, 3.8) is 0 Å². The lowest BCUT2D eigenvalue weighted by Gasteiger charge is -2.39. The Kier molecular flexibility index (Phi) is 6.73. The van der Waals surface area contributed by atoms with Gasteiger partial charge in [0.25, 0.3) is 11.8 Å². The molecule has 2 amide bonds. The minimum Gasteiger partial charge on any atom is -0.483 e. The molecule has 0 bridgehead atoms. The summed E-state index contributed by atoms with van der Waals surface area (Å²) in [6, 6.07) is 9.71. The predicted octanol–water partition coefficient (Wildman–Crippen LogP) is 4.00. The summed E-state index contributed by atoms with van der Waals surface area (Å²) in [6.07, 6.45) is 4.66. The molecule has 0 saturated heterocycles. The molecule has 1 aliphatic heterocycles. The number of benzene rings is 2. The summed E-state index contributed by atoms with van der Waals surface area (Å²) < 4.78 is 48.8. The molecule has 1 aromatic heterocycles. The number of carbonyl (C=O) groups excluding carboxylic acids is 2. The second-order valence-electron chi connectivity index (χ2n) is 9.19. The van der Waals surface area contributed by atoms with Crippen LogP contribution in [0.2, 0.25) is 0 Å². The van der Waals surface area contributed by atoms with E-state index in [0.29, 0.717) is 12.1 Å². The molecule has 1 saturated carbocycles. The first kappa shape index (κ1) is 24.6. The van der Waals surface area contributed by atoms with E-state index < -0.39 is 46.8 Å². The lowest BCUT2D eigenvalue weighted by molar-refractivity contribution is 0.0834. The number of amides is 2. The van der Waals surface area contributed by atoms with E-state index in [2.05, 4.69) is 10.6 Å². The zero-order valence-corrected chi connectivity index (χ0v) is 19.7. The molecule has 2 heterocycles. The second-order valence-corrected chi connectivity index (χ2v) is 9.19. The van der Waals surface area contributed by atoms with E-state index in [1.165, 1.54) is 6.20 Å². The number of fused-ring (bicyclic) bond motifs is 3. The van der Waals surface area contributed by atoms with E-state index in [4.69, 9.17) is 4.74 Å². The van der Waals surface area contributed by atoms with Gasteiger partial charge < -0.3 is 19.9 Å². The van der Waals surface area contributed by atoms with Gasteiger partial charge in [-0.15, -0.1) is 0 Å². The van der Waals surface area contributed by atoms with Crippen LogP contribution >= 0.6 is 0 Å². The van der Waals surface area contributed by atoms with E-state index >= 15 is 0 Å². The highest BCUT2D eigenvalue weighted by Gasteiger charge is 2.38. The number of nitrogens with one attached hydrogen (secondary N) is 2. The molecule has 7 nitrogen and oxygen atoms in total. The number of nitrogens with zero attached hydrogens (tertiary/aromatic N) is 1. The molecule has 2 aliphatic rings. The monoisotopic (exact) mass is 511 g/mol. The topological polar surface area (TPSA) is 89.4 Å². The van der Waals surface area contributed by atoms with Gasteiger partial charge in [0.1, 0.15) is 29.6 Å². The highest BCUT2D eigenvalue weighted by Crippen LogP contribution is 2.35. The summed E-state index contributed by atoms with van der Waals surface area (Å²) in [6.45, 7) is -0.619. The number of ether oxygens (including phenoxy) is 1. The third-order valence-electron chi connectivity index (χ3n) is 6.81. The van der Waals surface area contributed by atoms with Gasteiger partial charge in [0, 0.05) is 36.5 Å². The Hall–Kier alpha value is -4.08. The van der Waals surface area contributed by atoms with Gasteiger partial charge in [0.05, 0.1) is 6.04 Å². The third-order valence-corrected chi connectivity index (χ3v) is 6.81. The van der Waals surface area contributed by atoms with Crippen molar-refractivity contribution in [2.24, 2.45) is 0 Å². The average molecular weight is 512 g/mol. The summed E-state index contributed by atoms with van der Waals surface area (Å²) >= 11 is 0. The van der Waals surface area contributed by atoms with Gasteiger partial charge in [-0.05, 0) is 18.4 Å². The van der Waals surface area contributed by atoms with Crippen LogP contribution in [0.5, 0.6) is 5.75 Å². The molecule has 0 unspecified atom stereocenters. The number of halogens is 3.